The minimum absolute atomic E-state index is 0.0523. The molecule has 0 heterocycles. The van der Waals surface area contributed by atoms with Crippen molar-refractivity contribution in [1.29, 1.82) is 0 Å². The first-order valence-electron chi connectivity index (χ1n) is 6.52. The van der Waals surface area contributed by atoms with Crippen LogP contribution in [0.25, 0.3) is 0 Å². The maximum atomic E-state index is 10.9. The Balaban J connectivity index is 2.49. The van der Waals surface area contributed by atoms with Crippen LogP contribution in [0.2, 0.25) is 0 Å². The van der Waals surface area contributed by atoms with Gasteiger partial charge in [-0.25, -0.2) is 0 Å². The molecule has 0 unspecified atom stereocenters. The first-order valence-corrected chi connectivity index (χ1v) is 6.52. The van der Waals surface area contributed by atoms with Crippen molar-refractivity contribution >= 4 is 11.7 Å². The van der Waals surface area contributed by atoms with Crippen molar-refractivity contribution in [2.75, 3.05) is 6.61 Å². The molecular formula is C14H19NO5. The summed E-state index contributed by atoms with van der Waals surface area (Å²) in [4.78, 5) is 20.8. The van der Waals surface area contributed by atoms with Gasteiger partial charge in [0.25, 0.3) is 5.69 Å². The molecule has 0 saturated heterocycles. The number of nitro groups is 1. The molecule has 0 aromatic heterocycles. The van der Waals surface area contributed by atoms with E-state index in [9.17, 15) is 14.9 Å². The monoisotopic (exact) mass is 281 g/mol. The Morgan fingerprint density at radius 1 is 1.25 bits per heavy atom. The molecule has 1 aromatic rings. The molecule has 0 saturated carbocycles. The molecule has 0 fully saturated rings. The SMILES string of the molecule is Cc1cc(C)c([N+](=O)[O-])cc1OCCCCCC(=O)O. The van der Waals surface area contributed by atoms with Crippen LogP contribution in [-0.2, 0) is 4.79 Å². The number of unbranched alkanes of at least 4 members (excludes halogenated alkanes) is 2. The van der Waals surface area contributed by atoms with Gasteiger partial charge in [0.1, 0.15) is 5.75 Å². The molecule has 0 amide bonds. The summed E-state index contributed by atoms with van der Waals surface area (Å²) < 4.78 is 5.54. The normalized spacial score (nSPS) is 10.3. The Hall–Kier alpha value is -2.11. The number of hydrogen-bond donors (Lipinski definition) is 1. The lowest BCUT2D eigenvalue weighted by atomic mass is 10.1. The second-order valence-electron chi connectivity index (χ2n) is 4.71. The van der Waals surface area contributed by atoms with Gasteiger partial charge in [-0.1, -0.05) is 0 Å². The summed E-state index contributed by atoms with van der Waals surface area (Å²) in [6.45, 7) is 3.97. The molecule has 0 spiro atoms. The van der Waals surface area contributed by atoms with Crippen molar-refractivity contribution in [1.82, 2.24) is 0 Å². The summed E-state index contributed by atoms with van der Waals surface area (Å²) in [5, 5.41) is 19.4. The average Bonchev–Trinajstić information content (AvgIpc) is 2.34. The van der Waals surface area contributed by atoms with Crippen molar-refractivity contribution in [2.24, 2.45) is 0 Å². The van der Waals surface area contributed by atoms with Gasteiger partial charge in [0.05, 0.1) is 17.6 Å². The number of aliphatic carboxylic acids is 1. The highest BCUT2D eigenvalue weighted by Gasteiger charge is 2.14. The zero-order chi connectivity index (χ0) is 15.1. The van der Waals surface area contributed by atoms with E-state index < -0.39 is 10.9 Å². The first-order chi connectivity index (χ1) is 9.41. The van der Waals surface area contributed by atoms with Crippen LogP contribution in [0.5, 0.6) is 5.75 Å². The Morgan fingerprint density at radius 3 is 2.55 bits per heavy atom. The standard InChI is InChI=1S/C14H19NO5/c1-10-8-11(2)13(9-12(10)15(18)19)20-7-5-3-4-6-14(16)17/h8-9H,3-7H2,1-2H3,(H,16,17). The van der Waals surface area contributed by atoms with Crippen molar-refractivity contribution in [3.63, 3.8) is 0 Å². The quantitative estimate of drug-likeness (QED) is 0.449. The van der Waals surface area contributed by atoms with E-state index in [1.807, 2.05) is 6.92 Å². The molecule has 0 aliphatic carbocycles. The van der Waals surface area contributed by atoms with E-state index in [0.717, 1.165) is 18.4 Å². The average molecular weight is 281 g/mol. The summed E-state index contributed by atoms with van der Waals surface area (Å²) in [6.07, 6.45) is 2.27. The Morgan fingerprint density at radius 2 is 1.95 bits per heavy atom. The molecule has 6 heteroatoms. The zero-order valence-corrected chi connectivity index (χ0v) is 11.7. The fourth-order valence-electron chi connectivity index (χ4n) is 1.91. The highest BCUT2D eigenvalue weighted by Crippen LogP contribution is 2.28. The largest absolute Gasteiger partial charge is 0.493 e. The highest BCUT2D eigenvalue weighted by molar-refractivity contribution is 5.66. The van der Waals surface area contributed by atoms with E-state index in [2.05, 4.69) is 0 Å². The van der Waals surface area contributed by atoms with Crippen LogP contribution in [0.1, 0.15) is 36.8 Å². The van der Waals surface area contributed by atoms with Crippen LogP contribution in [0.4, 0.5) is 5.69 Å². The molecule has 6 nitrogen and oxygen atoms in total. The third kappa shape index (κ3) is 4.87. The Labute approximate surface area is 117 Å². The van der Waals surface area contributed by atoms with Gasteiger partial charge in [-0.05, 0) is 44.7 Å². The molecule has 0 aliphatic heterocycles. The van der Waals surface area contributed by atoms with Crippen molar-refractivity contribution in [2.45, 2.75) is 39.5 Å². The van der Waals surface area contributed by atoms with Gasteiger partial charge in [-0.2, -0.15) is 0 Å². The van der Waals surface area contributed by atoms with Crippen LogP contribution >= 0.6 is 0 Å². The van der Waals surface area contributed by atoms with Crippen LogP contribution < -0.4 is 4.74 Å². The van der Waals surface area contributed by atoms with Gasteiger partial charge >= 0.3 is 5.97 Å². The van der Waals surface area contributed by atoms with E-state index in [1.54, 1.807) is 13.0 Å². The molecule has 110 valence electrons. The highest BCUT2D eigenvalue weighted by atomic mass is 16.6. The number of aryl methyl sites for hydroxylation is 2. The lowest BCUT2D eigenvalue weighted by Crippen LogP contribution is -2.02. The minimum Gasteiger partial charge on any atom is -0.493 e. The van der Waals surface area contributed by atoms with E-state index in [-0.39, 0.29) is 12.1 Å². The van der Waals surface area contributed by atoms with Gasteiger partial charge < -0.3 is 9.84 Å². The summed E-state index contributed by atoms with van der Waals surface area (Å²) in [5.41, 5.74) is 1.52. The topological polar surface area (TPSA) is 89.7 Å². The van der Waals surface area contributed by atoms with Crippen molar-refractivity contribution in [3.8, 4) is 5.75 Å². The fourth-order valence-corrected chi connectivity index (χ4v) is 1.91. The molecular weight excluding hydrogens is 262 g/mol. The third-order valence-electron chi connectivity index (χ3n) is 2.98. The van der Waals surface area contributed by atoms with Gasteiger partial charge in [0.2, 0.25) is 0 Å². The van der Waals surface area contributed by atoms with E-state index in [0.29, 0.717) is 24.3 Å². The van der Waals surface area contributed by atoms with Gasteiger partial charge in [0.15, 0.2) is 0 Å². The number of nitrogens with zero attached hydrogens (tertiary/aromatic N) is 1. The van der Waals surface area contributed by atoms with Crippen molar-refractivity contribution < 1.29 is 19.6 Å². The predicted molar refractivity (Wildman–Crippen MR) is 74.2 cm³/mol. The molecule has 0 bridgehead atoms. The maximum Gasteiger partial charge on any atom is 0.303 e. The molecule has 1 aromatic carbocycles. The van der Waals surface area contributed by atoms with E-state index >= 15 is 0 Å². The lowest BCUT2D eigenvalue weighted by molar-refractivity contribution is -0.385. The molecule has 1 N–H and O–H groups in total. The Kier molecular flexibility index (Phi) is 5.96. The second kappa shape index (κ2) is 7.47. The predicted octanol–water partition coefficient (Wildman–Crippen LogP) is 3.24. The van der Waals surface area contributed by atoms with Crippen LogP contribution in [0.15, 0.2) is 12.1 Å². The third-order valence-corrected chi connectivity index (χ3v) is 2.98. The summed E-state index contributed by atoms with van der Waals surface area (Å²) in [6, 6.07) is 3.18. The smallest absolute Gasteiger partial charge is 0.303 e. The summed E-state index contributed by atoms with van der Waals surface area (Å²) >= 11 is 0. The molecule has 0 aliphatic rings. The first kappa shape index (κ1) is 15.9. The number of carboxylic acids is 1. The van der Waals surface area contributed by atoms with E-state index in [4.69, 9.17) is 9.84 Å². The second-order valence-corrected chi connectivity index (χ2v) is 4.71. The number of rotatable bonds is 8. The van der Waals surface area contributed by atoms with Gasteiger partial charge in [0, 0.05) is 12.0 Å². The number of nitro benzene ring substituents is 1. The van der Waals surface area contributed by atoms with Crippen molar-refractivity contribution in [3.05, 3.63) is 33.4 Å². The minimum atomic E-state index is -0.795. The van der Waals surface area contributed by atoms with Gasteiger partial charge in [-0.3, -0.25) is 14.9 Å². The van der Waals surface area contributed by atoms with Crippen LogP contribution in [0.3, 0.4) is 0 Å². The van der Waals surface area contributed by atoms with Crippen LogP contribution in [0, 0.1) is 24.0 Å². The van der Waals surface area contributed by atoms with E-state index in [1.165, 1.54) is 6.07 Å². The number of benzene rings is 1. The fraction of sp³-hybridized carbons (Fsp3) is 0.500. The Bertz CT molecular complexity index is 499. The zero-order valence-electron chi connectivity index (χ0n) is 11.7. The number of carboxylic acid groups (broad SMARTS) is 1. The number of ether oxygens (including phenoxy) is 1. The molecule has 0 atom stereocenters. The molecule has 0 radical (unpaired) electrons. The summed E-state index contributed by atoms with van der Waals surface area (Å²) in [5.74, 6) is -0.281. The number of carbonyl (C=O) groups is 1. The van der Waals surface area contributed by atoms with Crippen LogP contribution in [-0.4, -0.2) is 22.6 Å². The van der Waals surface area contributed by atoms with Gasteiger partial charge in [-0.15, -0.1) is 0 Å². The lowest BCUT2D eigenvalue weighted by Gasteiger charge is -2.10. The maximum absolute atomic E-state index is 10.9. The molecule has 1 rings (SSSR count). The summed E-state index contributed by atoms with van der Waals surface area (Å²) in [7, 11) is 0. The molecule has 20 heavy (non-hydrogen) atoms. The number of hydrogen-bond acceptors (Lipinski definition) is 4.